The summed E-state index contributed by atoms with van der Waals surface area (Å²) in [5, 5.41) is 11.3. The molecule has 0 saturated carbocycles. The number of rotatable bonds is 2. The first-order valence-corrected chi connectivity index (χ1v) is 7.22. The quantitative estimate of drug-likeness (QED) is 0.828. The molecule has 2 aromatic rings. The molecule has 5 heteroatoms. The fraction of sp³-hybridized carbons (Fsp3) is 0.400. The van der Waals surface area contributed by atoms with Crippen LogP contribution >= 0.6 is 11.6 Å². The van der Waals surface area contributed by atoms with Gasteiger partial charge in [0.25, 0.3) is 0 Å². The van der Waals surface area contributed by atoms with Gasteiger partial charge < -0.3 is 14.4 Å². The Hall–Kier alpha value is -1.52. The molecule has 2 N–H and O–H groups in total. The Balaban J connectivity index is 2.21. The number of phenolic OH excluding ortho intramolecular Hbond substituents is 1. The van der Waals surface area contributed by atoms with Gasteiger partial charge in [-0.3, -0.25) is 0 Å². The summed E-state index contributed by atoms with van der Waals surface area (Å²) in [6.07, 6.45) is 2.38. The lowest BCUT2D eigenvalue weighted by Gasteiger charge is -2.15. The van der Waals surface area contributed by atoms with Crippen LogP contribution in [0.1, 0.15) is 24.0 Å². The third-order valence-corrected chi connectivity index (χ3v) is 4.29. The Bertz CT molecular complexity index is 717. The number of fused-ring (bicyclic) bond motifs is 1. The monoisotopic (exact) mass is 294 g/mol. The normalized spacial score (nSPS) is 16.1. The van der Waals surface area contributed by atoms with Gasteiger partial charge in [-0.2, -0.15) is 0 Å². The molecule has 20 heavy (non-hydrogen) atoms. The first-order valence-electron chi connectivity index (χ1n) is 6.84. The Kier molecular flexibility index (Phi) is 3.44. The van der Waals surface area contributed by atoms with Crippen molar-refractivity contribution in [3.05, 3.63) is 38.7 Å². The molecule has 2 heterocycles. The van der Waals surface area contributed by atoms with Crippen molar-refractivity contribution in [1.82, 2.24) is 0 Å². The summed E-state index contributed by atoms with van der Waals surface area (Å²) in [7, 11) is 0. The largest absolute Gasteiger partial charge is 0.506 e. The van der Waals surface area contributed by atoms with E-state index in [0.29, 0.717) is 22.7 Å². The van der Waals surface area contributed by atoms with E-state index in [0.717, 1.165) is 24.0 Å². The van der Waals surface area contributed by atoms with E-state index in [9.17, 15) is 9.90 Å². The average Bonchev–Trinajstić information content (AvgIpc) is 2.89. The number of benzene rings is 1. The van der Waals surface area contributed by atoms with Gasteiger partial charge in [0, 0.05) is 24.3 Å². The minimum atomic E-state index is -0.394. The van der Waals surface area contributed by atoms with Crippen LogP contribution in [0.3, 0.4) is 0 Å². The molecule has 0 bridgehead atoms. The second kappa shape index (κ2) is 5.11. The highest BCUT2D eigenvalue weighted by molar-refractivity contribution is 6.33. The molecule has 1 fully saturated rings. The summed E-state index contributed by atoms with van der Waals surface area (Å²) in [6.45, 7) is 4.63. The van der Waals surface area contributed by atoms with Crippen molar-refractivity contribution in [3.8, 4) is 5.75 Å². The van der Waals surface area contributed by atoms with E-state index in [1.807, 2.05) is 6.92 Å². The summed E-state index contributed by atoms with van der Waals surface area (Å²) in [6, 6.07) is 3.11. The lowest BCUT2D eigenvalue weighted by Crippen LogP contribution is -3.08. The number of hydrogen-bond donors (Lipinski definition) is 2. The molecule has 4 nitrogen and oxygen atoms in total. The molecule has 0 aliphatic carbocycles. The van der Waals surface area contributed by atoms with Gasteiger partial charge in [-0.05, 0) is 18.6 Å². The smallest absolute Gasteiger partial charge is 0.336 e. The highest BCUT2D eigenvalue weighted by atomic mass is 35.5. The van der Waals surface area contributed by atoms with Crippen LogP contribution in [0.2, 0.25) is 5.02 Å². The Labute approximate surface area is 121 Å². The number of likely N-dealkylation sites (tertiary alicyclic amines) is 1. The van der Waals surface area contributed by atoms with Crippen molar-refractivity contribution < 1.29 is 14.4 Å². The number of quaternary nitrogens is 1. The lowest BCUT2D eigenvalue weighted by atomic mass is 10.1. The molecule has 1 aromatic heterocycles. The van der Waals surface area contributed by atoms with Gasteiger partial charge in [0.1, 0.15) is 12.3 Å². The molecular weight excluding hydrogens is 278 g/mol. The van der Waals surface area contributed by atoms with Crippen LogP contribution in [0.15, 0.2) is 21.3 Å². The highest BCUT2D eigenvalue weighted by Crippen LogP contribution is 2.34. The molecule has 106 valence electrons. The van der Waals surface area contributed by atoms with E-state index in [4.69, 9.17) is 16.0 Å². The number of aromatic hydroxyl groups is 1. The van der Waals surface area contributed by atoms with E-state index in [2.05, 4.69) is 0 Å². The van der Waals surface area contributed by atoms with Gasteiger partial charge in [-0.15, -0.1) is 0 Å². The van der Waals surface area contributed by atoms with E-state index in [1.165, 1.54) is 23.8 Å². The van der Waals surface area contributed by atoms with E-state index < -0.39 is 5.63 Å². The Morgan fingerprint density at radius 2 is 2.05 bits per heavy atom. The zero-order valence-corrected chi connectivity index (χ0v) is 12.1. The molecule has 1 aromatic carbocycles. The van der Waals surface area contributed by atoms with Crippen LogP contribution in [0.5, 0.6) is 5.75 Å². The first kappa shape index (κ1) is 13.5. The molecule has 0 atom stereocenters. The van der Waals surface area contributed by atoms with Crippen LogP contribution in [-0.2, 0) is 6.54 Å². The van der Waals surface area contributed by atoms with Crippen molar-refractivity contribution in [1.29, 1.82) is 0 Å². The number of nitrogens with one attached hydrogen (secondary N) is 1. The van der Waals surface area contributed by atoms with Crippen LogP contribution in [-0.4, -0.2) is 18.2 Å². The number of halogens is 1. The van der Waals surface area contributed by atoms with Crippen LogP contribution < -0.4 is 10.5 Å². The second-order valence-electron chi connectivity index (χ2n) is 5.44. The minimum Gasteiger partial charge on any atom is -0.506 e. The van der Waals surface area contributed by atoms with Gasteiger partial charge in [-0.1, -0.05) is 11.6 Å². The maximum atomic E-state index is 11.6. The molecule has 3 rings (SSSR count). The number of phenols is 1. The van der Waals surface area contributed by atoms with Crippen LogP contribution in [0.4, 0.5) is 0 Å². The Morgan fingerprint density at radius 3 is 2.75 bits per heavy atom. The van der Waals surface area contributed by atoms with Gasteiger partial charge in [-0.25, -0.2) is 4.79 Å². The third kappa shape index (κ3) is 2.30. The molecule has 0 spiro atoms. The predicted octanol–water partition coefficient (Wildman–Crippen LogP) is 1.64. The van der Waals surface area contributed by atoms with E-state index in [-0.39, 0.29) is 5.75 Å². The van der Waals surface area contributed by atoms with Gasteiger partial charge in [0.15, 0.2) is 5.58 Å². The summed E-state index contributed by atoms with van der Waals surface area (Å²) >= 11 is 6.11. The fourth-order valence-electron chi connectivity index (χ4n) is 2.93. The summed E-state index contributed by atoms with van der Waals surface area (Å²) in [5.41, 5.74) is 1.53. The highest BCUT2D eigenvalue weighted by Gasteiger charge is 2.22. The fourth-order valence-corrected chi connectivity index (χ4v) is 3.16. The van der Waals surface area contributed by atoms with E-state index in [1.54, 1.807) is 6.07 Å². The van der Waals surface area contributed by atoms with Crippen LogP contribution in [0, 0.1) is 6.92 Å². The second-order valence-corrected chi connectivity index (χ2v) is 5.85. The summed E-state index contributed by atoms with van der Waals surface area (Å²) in [5.74, 6) is 0.0346. The standard InChI is InChI=1S/C15H16ClNO3/c1-9-6-13(18)20-15-10(9)7-12(16)14(19)11(15)8-17-4-2-3-5-17/h6-7,19H,2-5,8H2,1H3/p+1. The molecule has 0 unspecified atom stereocenters. The zero-order valence-electron chi connectivity index (χ0n) is 11.3. The van der Waals surface area contributed by atoms with Crippen molar-refractivity contribution in [2.24, 2.45) is 0 Å². The van der Waals surface area contributed by atoms with Crippen LogP contribution in [0.25, 0.3) is 11.0 Å². The van der Waals surface area contributed by atoms with Crippen molar-refractivity contribution >= 4 is 22.6 Å². The van der Waals surface area contributed by atoms with E-state index >= 15 is 0 Å². The summed E-state index contributed by atoms with van der Waals surface area (Å²) in [4.78, 5) is 13.0. The van der Waals surface area contributed by atoms with Gasteiger partial charge >= 0.3 is 5.63 Å². The van der Waals surface area contributed by atoms with Gasteiger partial charge in [0.2, 0.25) is 0 Å². The zero-order chi connectivity index (χ0) is 14.3. The number of aryl methyl sites for hydroxylation is 1. The topological polar surface area (TPSA) is 54.9 Å². The van der Waals surface area contributed by atoms with Crippen molar-refractivity contribution in [2.45, 2.75) is 26.3 Å². The predicted molar refractivity (Wildman–Crippen MR) is 77.5 cm³/mol. The maximum absolute atomic E-state index is 11.6. The average molecular weight is 295 g/mol. The molecular formula is C15H17ClNO3+. The molecule has 1 aliphatic heterocycles. The van der Waals surface area contributed by atoms with Gasteiger partial charge in [0.05, 0.1) is 23.7 Å². The number of hydrogen-bond acceptors (Lipinski definition) is 3. The molecule has 1 saturated heterocycles. The maximum Gasteiger partial charge on any atom is 0.336 e. The minimum absolute atomic E-state index is 0.0346. The summed E-state index contributed by atoms with van der Waals surface area (Å²) < 4.78 is 5.33. The third-order valence-electron chi connectivity index (χ3n) is 4.00. The van der Waals surface area contributed by atoms with Crippen molar-refractivity contribution in [3.63, 3.8) is 0 Å². The Morgan fingerprint density at radius 1 is 1.35 bits per heavy atom. The molecule has 0 radical (unpaired) electrons. The molecule has 0 amide bonds. The van der Waals surface area contributed by atoms with Crippen molar-refractivity contribution in [2.75, 3.05) is 13.1 Å². The SMILES string of the molecule is Cc1cc(=O)oc2c(C[NH+]3CCCC3)c(O)c(Cl)cc12. The first-order chi connectivity index (χ1) is 9.56. The molecule has 1 aliphatic rings. The lowest BCUT2D eigenvalue weighted by molar-refractivity contribution is -0.901.